The molecule has 9 heteroatoms. The number of carbonyl (C=O) groups excluding carboxylic acids is 3. The molecule has 2 N–H and O–H groups in total. The molecule has 6 atom stereocenters. The maximum absolute atomic E-state index is 13.3. The van der Waals surface area contributed by atoms with E-state index in [1.807, 2.05) is 20.8 Å². The second-order valence-corrected chi connectivity index (χ2v) is 9.94. The average molecular weight is 461 g/mol. The van der Waals surface area contributed by atoms with Crippen LogP contribution in [0, 0.1) is 11.8 Å². The Morgan fingerprint density at radius 1 is 1.43 bits per heavy atom. The Bertz CT molecular complexity index is 665. The topological polar surface area (TPSA) is 105 Å². The molecule has 158 valence electrons. The molecule has 3 rings (SSSR count). The summed E-state index contributed by atoms with van der Waals surface area (Å²) in [4.78, 5) is 40.6. The van der Waals surface area contributed by atoms with E-state index in [0.717, 1.165) is 0 Å². The van der Waals surface area contributed by atoms with E-state index in [1.54, 1.807) is 6.92 Å². The fourth-order valence-corrected chi connectivity index (χ4v) is 5.80. The lowest BCUT2D eigenvalue weighted by Crippen LogP contribution is -2.58. The zero-order valence-corrected chi connectivity index (χ0v) is 18.3. The van der Waals surface area contributed by atoms with Gasteiger partial charge in [0.25, 0.3) is 0 Å². The first kappa shape index (κ1) is 21.5. The predicted octanol–water partition coefficient (Wildman–Crippen LogP) is 0.595. The second-order valence-electron chi connectivity index (χ2n) is 8.76. The maximum Gasteiger partial charge on any atom is 0.312 e. The van der Waals surface area contributed by atoms with Gasteiger partial charge in [-0.15, -0.1) is 0 Å². The van der Waals surface area contributed by atoms with Crippen molar-refractivity contribution < 1.29 is 29.0 Å². The number of fused-ring (bicyclic) bond motifs is 1. The first-order chi connectivity index (χ1) is 13.1. The Balaban J connectivity index is 2.01. The first-order valence-electron chi connectivity index (χ1n) is 9.79. The van der Waals surface area contributed by atoms with Crippen molar-refractivity contribution in [3.63, 3.8) is 0 Å². The number of nitrogens with one attached hydrogen (secondary N) is 1. The summed E-state index contributed by atoms with van der Waals surface area (Å²) in [6, 6.07) is -0.847. The summed E-state index contributed by atoms with van der Waals surface area (Å²) in [5, 5.41) is 12.2. The summed E-state index contributed by atoms with van der Waals surface area (Å²) in [7, 11) is 0. The summed E-state index contributed by atoms with van der Waals surface area (Å²) in [6.07, 6.45) is 0.305. The van der Waals surface area contributed by atoms with Gasteiger partial charge in [0.1, 0.15) is 11.6 Å². The van der Waals surface area contributed by atoms with Crippen LogP contribution in [-0.2, 0) is 23.9 Å². The number of amides is 2. The molecule has 3 aliphatic rings. The Hall–Kier alpha value is -1.19. The number of hydrogen-bond acceptors (Lipinski definition) is 6. The molecule has 3 aliphatic heterocycles. The maximum atomic E-state index is 13.3. The minimum atomic E-state index is -1.07. The van der Waals surface area contributed by atoms with Crippen LogP contribution in [0.15, 0.2) is 0 Å². The molecule has 0 aliphatic carbocycles. The van der Waals surface area contributed by atoms with E-state index in [1.165, 1.54) is 4.90 Å². The molecule has 3 heterocycles. The molecule has 2 bridgehead atoms. The lowest BCUT2D eigenvalue weighted by molar-refractivity contribution is -0.154. The number of aliphatic hydroxyl groups excluding tert-OH is 1. The van der Waals surface area contributed by atoms with Crippen LogP contribution >= 0.6 is 15.9 Å². The molecule has 0 saturated carbocycles. The molecule has 3 unspecified atom stereocenters. The fourth-order valence-electron chi connectivity index (χ4n) is 4.86. The summed E-state index contributed by atoms with van der Waals surface area (Å²) in [5.41, 5.74) is -1.55. The van der Waals surface area contributed by atoms with Crippen LogP contribution in [0.5, 0.6) is 0 Å². The van der Waals surface area contributed by atoms with E-state index in [4.69, 9.17) is 9.47 Å². The highest BCUT2D eigenvalue weighted by atomic mass is 79.9. The molecule has 0 aromatic rings. The van der Waals surface area contributed by atoms with Gasteiger partial charge >= 0.3 is 5.97 Å². The minimum absolute atomic E-state index is 0.0963. The van der Waals surface area contributed by atoms with Crippen molar-refractivity contribution in [3.8, 4) is 0 Å². The van der Waals surface area contributed by atoms with Crippen molar-refractivity contribution in [1.82, 2.24) is 10.2 Å². The number of ether oxygens (including phenoxy) is 2. The lowest BCUT2D eigenvalue weighted by Gasteiger charge is -2.35. The lowest BCUT2D eigenvalue weighted by atomic mass is 9.70. The van der Waals surface area contributed by atoms with Gasteiger partial charge in [-0.2, -0.15) is 0 Å². The fraction of sp³-hybridized carbons (Fsp3) is 0.842. The monoisotopic (exact) mass is 460 g/mol. The molecule has 0 aromatic heterocycles. The van der Waals surface area contributed by atoms with Crippen molar-refractivity contribution in [2.45, 2.75) is 68.6 Å². The summed E-state index contributed by atoms with van der Waals surface area (Å²) >= 11 is 3.58. The second kappa shape index (κ2) is 7.57. The van der Waals surface area contributed by atoms with Gasteiger partial charge in [-0.05, 0) is 40.5 Å². The molecular formula is C19H29BrN2O6. The van der Waals surface area contributed by atoms with E-state index in [-0.39, 0.29) is 36.4 Å². The van der Waals surface area contributed by atoms with Crippen molar-refractivity contribution in [3.05, 3.63) is 0 Å². The Morgan fingerprint density at radius 3 is 2.68 bits per heavy atom. The van der Waals surface area contributed by atoms with Crippen LogP contribution in [-0.4, -0.2) is 75.7 Å². The van der Waals surface area contributed by atoms with Gasteiger partial charge in [0.2, 0.25) is 11.8 Å². The smallest absolute Gasteiger partial charge is 0.312 e. The van der Waals surface area contributed by atoms with Gasteiger partial charge < -0.3 is 24.8 Å². The standard InChI is InChI=1S/C19H29BrN2O6/c1-5-27-17(26)11-12-16(25)22(7-6-8-23)14(15(24)21-18(2,3)4)19(12)9-10(20)13(11)28-19/h10-14,23H,5-9H2,1-4H3,(H,21,24)/t10?,11-,12-,13-,14?,19?/m0/s1. The van der Waals surface area contributed by atoms with E-state index in [2.05, 4.69) is 21.2 Å². The van der Waals surface area contributed by atoms with Gasteiger partial charge in [-0.25, -0.2) is 0 Å². The van der Waals surface area contributed by atoms with Gasteiger partial charge in [-0.3, -0.25) is 14.4 Å². The van der Waals surface area contributed by atoms with Crippen LogP contribution in [0.2, 0.25) is 0 Å². The van der Waals surface area contributed by atoms with Crippen LogP contribution in [0.3, 0.4) is 0 Å². The first-order valence-corrected chi connectivity index (χ1v) is 10.7. The number of aliphatic hydroxyl groups is 1. The van der Waals surface area contributed by atoms with Crippen molar-refractivity contribution >= 4 is 33.7 Å². The quantitative estimate of drug-likeness (QED) is 0.444. The van der Waals surface area contributed by atoms with Gasteiger partial charge in [0, 0.05) is 23.5 Å². The SMILES string of the molecule is CCOC(=O)[C@H]1[C@H]2C(=O)N(CCCO)C(C(=O)NC(C)(C)C)C23CC(Br)[C@@H]1O3. The number of nitrogens with zero attached hydrogens (tertiary/aromatic N) is 1. The van der Waals surface area contributed by atoms with Gasteiger partial charge in [0.05, 0.1) is 24.5 Å². The van der Waals surface area contributed by atoms with Gasteiger partial charge in [0.15, 0.2) is 0 Å². The number of carbonyl (C=O) groups is 3. The van der Waals surface area contributed by atoms with E-state index in [0.29, 0.717) is 12.8 Å². The van der Waals surface area contributed by atoms with Crippen molar-refractivity contribution in [2.75, 3.05) is 19.8 Å². The molecule has 0 aromatic carbocycles. The molecule has 3 fully saturated rings. The highest BCUT2D eigenvalue weighted by molar-refractivity contribution is 9.09. The van der Waals surface area contributed by atoms with Crippen LogP contribution < -0.4 is 5.32 Å². The number of esters is 1. The third-order valence-corrected chi connectivity index (χ3v) is 6.50. The normalized spacial score (nSPS) is 36.6. The molecule has 8 nitrogen and oxygen atoms in total. The predicted molar refractivity (Wildman–Crippen MR) is 104 cm³/mol. The van der Waals surface area contributed by atoms with Gasteiger partial charge in [-0.1, -0.05) is 15.9 Å². The summed E-state index contributed by atoms with van der Waals surface area (Å²) in [6.45, 7) is 7.68. The number of halogens is 1. The summed E-state index contributed by atoms with van der Waals surface area (Å²) < 4.78 is 11.5. The van der Waals surface area contributed by atoms with Crippen LogP contribution in [0.25, 0.3) is 0 Å². The molecular weight excluding hydrogens is 432 g/mol. The Morgan fingerprint density at radius 2 is 2.11 bits per heavy atom. The number of hydrogen-bond donors (Lipinski definition) is 2. The highest BCUT2D eigenvalue weighted by Gasteiger charge is 2.76. The molecule has 1 spiro atoms. The molecule has 2 amide bonds. The van der Waals surface area contributed by atoms with Crippen molar-refractivity contribution in [2.24, 2.45) is 11.8 Å². The largest absolute Gasteiger partial charge is 0.466 e. The summed E-state index contributed by atoms with van der Waals surface area (Å²) in [5.74, 6) is -2.53. The Labute approximate surface area is 173 Å². The zero-order valence-electron chi connectivity index (χ0n) is 16.7. The van der Waals surface area contributed by atoms with E-state index >= 15 is 0 Å². The number of rotatable bonds is 6. The van der Waals surface area contributed by atoms with Crippen molar-refractivity contribution in [1.29, 1.82) is 0 Å². The molecule has 28 heavy (non-hydrogen) atoms. The number of likely N-dealkylation sites (tertiary alicyclic amines) is 1. The average Bonchev–Trinajstić information content (AvgIpc) is 3.15. The molecule has 0 radical (unpaired) electrons. The van der Waals surface area contributed by atoms with Crippen LogP contribution in [0.1, 0.15) is 40.5 Å². The Kier molecular flexibility index (Phi) is 5.82. The van der Waals surface area contributed by atoms with E-state index in [9.17, 15) is 19.5 Å². The minimum Gasteiger partial charge on any atom is -0.466 e. The van der Waals surface area contributed by atoms with Crippen LogP contribution in [0.4, 0.5) is 0 Å². The molecule has 3 saturated heterocycles. The number of alkyl halides is 1. The zero-order chi connectivity index (χ0) is 20.9. The third-order valence-electron chi connectivity index (χ3n) is 5.65. The third kappa shape index (κ3) is 3.35. The highest BCUT2D eigenvalue weighted by Crippen LogP contribution is 2.60. The van der Waals surface area contributed by atoms with E-state index < -0.39 is 41.1 Å².